The van der Waals surface area contributed by atoms with Crippen molar-refractivity contribution >= 4 is 11.9 Å². The Bertz CT molecular complexity index is 515. The number of amides is 1. The van der Waals surface area contributed by atoms with Gasteiger partial charge in [-0.25, -0.2) is 4.79 Å². The summed E-state index contributed by atoms with van der Waals surface area (Å²) in [5.41, 5.74) is 2.08. The first-order chi connectivity index (χ1) is 8.85. The van der Waals surface area contributed by atoms with E-state index in [1.165, 1.54) is 0 Å². The fourth-order valence-electron chi connectivity index (χ4n) is 2.07. The highest BCUT2D eigenvalue weighted by Gasteiger charge is 2.20. The van der Waals surface area contributed by atoms with E-state index in [0.717, 1.165) is 17.5 Å². The van der Waals surface area contributed by atoms with Gasteiger partial charge in [0.2, 0.25) is 5.91 Å². The molecule has 0 atom stereocenters. The van der Waals surface area contributed by atoms with Crippen LogP contribution in [-0.2, 0) is 22.4 Å². The summed E-state index contributed by atoms with van der Waals surface area (Å²) in [6.07, 6.45) is 1.13. The summed E-state index contributed by atoms with van der Waals surface area (Å²) < 4.78 is 5.35. The van der Waals surface area contributed by atoms with Gasteiger partial charge in [-0.05, 0) is 50.5 Å². The van der Waals surface area contributed by atoms with Crippen molar-refractivity contribution in [3.8, 4) is 0 Å². The van der Waals surface area contributed by atoms with Crippen LogP contribution in [-0.4, -0.2) is 24.0 Å². The Labute approximate surface area is 113 Å². The molecule has 2 rings (SSSR count). The van der Waals surface area contributed by atoms with Gasteiger partial charge in [-0.3, -0.25) is 4.79 Å². The van der Waals surface area contributed by atoms with Crippen molar-refractivity contribution in [1.29, 1.82) is 0 Å². The number of rotatable bonds is 1. The Hall–Kier alpha value is -1.84. The Morgan fingerprint density at radius 2 is 2.00 bits per heavy atom. The normalized spacial score (nSPS) is 15.2. The lowest BCUT2D eigenvalue weighted by molar-refractivity contribution is -0.120. The molecule has 0 radical (unpaired) electrons. The highest BCUT2D eigenvalue weighted by molar-refractivity contribution is 5.90. The van der Waals surface area contributed by atoms with Crippen molar-refractivity contribution in [2.75, 3.05) is 6.54 Å². The molecule has 0 saturated carbocycles. The highest BCUT2D eigenvalue weighted by atomic mass is 16.6. The zero-order valence-corrected chi connectivity index (χ0v) is 11.6. The molecule has 1 aliphatic heterocycles. The Kier molecular flexibility index (Phi) is 3.60. The lowest BCUT2D eigenvalue weighted by Crippen LogP contribution is -2.24. The number of carbonyl (C=O) groups excluding carboxylic acids is 2. The van der Waals surface area contributed by atoms with Crippen molar-refractivity contribution in [3.63, 3.8) is 0 Å². The van der Waals surface area contributed by atoms with Crippen LogP contribution in [0.5, 0.6) is 0 Å². The van der Waals surface area contributed by atoms with Gasteiger partial charge in [-0.15, -0.1) is 0 Å². The lowest BCUT2D eigenvalue weighted by Gasteiger charge is -2.19. The topological polar surface area (TPSA) is 55.4 Å². The van der Waals surface area contributed by atoms with Crippen LogP contribution in [0.25, 0.3) is 0 Å². The maximum absolute atomic E-state index is 12.0. The predicted octanol–water partition coefficient (Wildman–Crippen LogP) is 1.86. The zero-order chi connectivity index (χ0) is 14.0. The van der Waals surface area contributed by atoms with Gasteiger partial charge in [-0.1, -0.05) is 6.07 Å². The quantitative estimate of drug-likeness (QED) is 0.785. The van der Waals surface area contributed by atoms with Crippen molar-refractivity contribution < 1.29 is 14.3 Å². The number of hydrogen-bond acceptors (Lipinski definition) is 3. The van der Waals surface area contributed by atoms with E-state index in [-0.39, 0.29) is 11.9 Å². The van der Waals surface area contributed by atoms with E-state index in [9.17, 15) is 9.59 Å². The number of esters is 1. The molecule has 0 aliphatic carbocycles. The Balaban J connectivity index is 2.23. The molecule has 4 heteroatoms. The Morgan fingerprint density at radius 1 is 1.26 bits per heavy atom. The molecule has 1 N–H and O–H groups in total. The van der Waals surface area contributed by atoms with E-state index in [2.05, 4.69) is 5.32 Å². The van der Waals surface area contributed by atoms with Crippen molar-refractivity contribution in [1.82, 2.24) is 5.32 Å². The molecule has 19 heavy (non-hydrogen) atoms. The highest BCUT2D eigenvalue weighted by Crippen LogP contribution is 2.18. The van der Waals surface area contributed by atoms with Crippen LogP contribution in [0.1, 0.15) is 42.3 Å². The number of ether oxygens (including phenoxy) is 1. The predicted molar refractivity (Wildman–Crippen MR) is 72.0 cm³/mol. The van der Waals surface area contributed by atoms with Gasteiger partial charge in [0.15, 0.2) is 0 Å². The molecule has 1 heterocycles. The van der Waals surface area contributed by atoms with Gasteiger partial charge < -0.3 is 10.1 Å². The number of carbonyl (C=O) groups is 2. The second kappa shape index (κ2) is 5.03. The number of benzene rings is 1. The minimum atomic E-state index is -0.499. The first kappa shape index (κ1) is 13.6. The van der Waals surface area contributed by atoms with Crippen LogP contribution < -0.4 is 5.32 Å². The zero-order valence-electron chi connectivity index (χ0n) is 11.6. The number of fused-ring (bicyclic) bond motifs is 1. The first-order valence-corrected chi connectivity index (χ1v) is 6.47. The molecule has 0 bridgehead atoms. The van der Waals surface area contributed by atoms with Gasteiger partial charge in [0, 0.05) is 6.54 Å². The molecule has 102 valence electrons. The monoisotopic (exact) mass is 261 g/mol. The van der Waals surface area contributed by atoms with Crippen LogP contribution >= 0.6 is 0 Å². The summed E-state index contributed by atoms with van der Waals surface area (Å²) in [5, 5.41) is 2.82. The number of hydrogen-bond donors (Lipinski definition) is 1. The summed E-state index contributed by atoms with van der Waals surface area (Å²) in [7, 11) is 0. The molecule has 1 aromatic carbocycles. The van der Waals surface area contributed by atoms with Crippen LogP contribution in [0, 0.1) is 0 Å². The summed E-state index contributed by atoms with van der Waals surface area (Å²) in [4.78, 5) is 23.4. The fraction of sp³-hybridized carbons (Fsp3) is 0.467. The van der Waals surface area contributed by atoms with E-state index in [1.54, 1.807) is 6.07 Å². The fourth-order valence-corrected chi connectivity index (χ4v) is 2.07. The van der Waals surface area contributed by atoms with Crippen LogP contribution in [0.15, 0.2) is 18.2 Å². The maximum atomic E-state index is 12.0. The third-order valence-electron chi connectivity index (χ3n) is 2.91. The summed E-state index contributed by atoms with van der Waals surface area (Å²) >= 11 is 0. The third kappa shape index (κ3) is 3.56. The third-order valence-corrected chi connectivity index (χ3v) is 2.91. The van der Waals surface area contributed by atoms with Gasteiger partial charge in [0.25, 0.3) is 0 Å². The van der Waals surface area contributed by atoms with Crippen molar-refractivity contribution in [3.05, 3.63) is 34.9 Å². The molecule has 0 unspecified atom stereocenters. The maximum Gasteiger partial charge on any atom is 0.338 e. The average Bonchev–Trinajstić information content (AvgIpc) is 2.46. The van der Waals surface area contributed by atoms with E-state index in [4.69, 9.17) is 4.74 Å². The van der Waals surface area contributed by atoms with E-state index in [0.29, 0.717) is 18.5 Å². The van der Waals surface area contributed by atoms with Gasteiger partial charge in [0.1, 0.15) is 5.60 Å². The van der Waals surface area contributed by atoms with E-state index >= 15 is 0 Å². The van der Waals surface area contributed by atoms with E-state index in [1.807, 2.05) is 32.9 Å². The van der Waals surface area contributed by atoms with Gasteiger partial charge in [0.05, 0.1) is 12.0 Å². The Morgan fingerprint density at radius 3 is 2.68 bits per heavy atom. The summed E-state index contributed by atoms with van der Waals surface area (Å²) in [6.45, 7) is 6.15. The van der Waals surface area contributed by atoms with Gasteiger partial charge in [-0.2, -0.15) is 0 Å². The van der Waals surface area contributed by atoms with Gasteiger partial charge >= 0.3 is 5.97 Å². The molecule has 1 aliphatic rings. The molecular formula is C15H19NO3. The minimum Gasteiger partial charge on any atom is -0.456 e. The molecule has 0 aromatic heterocycles. The second-order valence-corrected chi connectivity index (χ2v) is 5.76. The molecule has 1 amide bonds. The molecule has 1 aromatic rings. The van der Waals surface area contributed by atoms with Crippen LogP contribution in [0.3, 0.4) is 0 Å². The van der Waals surface area contributed by atoms with Crippen molar-refractivity contribution in [2.45, 2.75) is 39.2 Å². The smallest absolute Gasteiger partial charge is 0.338 e. The SMILES string of the molecule is CC(C)(C)OC(=O)c1ccc2c(c1)CCNC(=O)C2. The standard InChI is InChI=1S/C15H19NO3/c1-15(2,3)19-14(18)12-5-4-10-9-13(17)16-7-6-11(10)8-12/h4-5,8H,6-7,9H2,1-3H3,(H,16,17). The molecule has 0 saturated heterocycles. The van der Waals surface area contributed by atoms with Crippen molar-refractivity contribution in [2.24, 2.45) is 0 Å². The summed E-state index contributed by atoms with van der Waals surface area (Å²) in [5.74, 6) is -0.289. The average molecular weight is 261 g/mol. The largest absolute Gasteiger partial charge is 0.456 e. The summed E-state index contributed by atoms with van der Waals surface area (Å²) in [6, 6.07) is 5.41. The molecule has 0 fully saturated rings. The molecule has 0 spiro atoms. The van der Waals surface area contributed by atoms with Crippen LogP contribution in [0.4, 0.5) is 0 Å². The molecular weight excluding hydrogens is 242 g/mol. The number of nitrogens with one attached hydrogen (secondary N) is 1. The second-order valence-electron chi connectivity index (χ2n) is 5.76. The molecule has 4 nitrogen and oxygen atoms in total. The van der Waals surface area contributed by atoms with E-state index < -0.39 is 5.60 Å². The lowest BCUT2D eigenvalue weighted by atomic mass is 10.00. The minimum absolute atomic E-state index is 0.0313. The first-order valence-electron chi connectivity index (χ1n) is 6.47. The van der Waals surface area contributed by atoms with Crippen LogP contribution in [0.2, 0.25) is 0 Å².